The molecule has 3 rings (SSSR count). The van der Waals surface area contributed by atoms with Crippen LogP contribution in [0.4, 0.5) is 0 Å². The average molecular weight is 244 g/mol. The van der Waals surface area contributed by atoms with Gasteiger partial charge in [0.25, 0.3) is 5.91 Å². The number of imide groups is 1. The smallest absolute Gasteiger partial charge is 0.254 e. The number of piperidine rings is 1. The van der Waals surface area contributed by atoms with Crippen molar-refractivity contribution in [2.24, 2.45) is 0 Å². The van der Waals surface area contributed by atoms with E-state index in [1.165, 1.54) is 0 Å². The van der Waals surface area contributed by atoms with Crippen LogP contribution in [-0.2, 0) is 15.1 Å². The second-order valence-electron chi connectivity index (χ2n) is 4.64. The summed E-state index contributed by atoms with van der Waals surface area (Å²) in [6, 6.07) is 7.45. The van der Waals surface area contributed by atoms with Gasteiger partial charge in [0.1, 0.15) is 11.1 Å². The average Bonchev–Trinajstić information content (AvgIpc) is 2.79. The molecule has 1 N–H and O–H groups in total. The van der Waals surface area contributed by atoms with Gasteiger partial charge in [0.2, 0.25) is 5.91 Å². The molecule has 0 bridgehead atoms. The first-order chi connectivity index (χ1) is 8.61. The van der Waals surface area contributed by atoms with Crippen LogP contribution in [0.5, 0.6) is 0 Å². The number of carbonyl (C=O) groups is 2. The van der Waals surface area contributed by atoms with Crippen LogP contribution in [0.2, 0.25) is 0 Å². The van der Waals surface area contributed by atoms with Crippen LogP contribution < -0.4 is 5.32 Å². The minimum Gasteiger partial charge on any atom is -0.294 e. The maximum Gasteiger partial charge on any atom is 0.254 e. The Hall–Kier alpha value is -2.24. The van der Waals surface area contributed by atoms with E-state index in [4.69, 9.17) is 0 Å². The van der Waals surface area contributed by atoms with E-state index < -0.39 is 5.54 Å². The fraction of sp³-hybridized carbons (Fsp3) is 0.333. The summed E-state index contributed by atoms with van der Waals surface area (Å²) >= 11 is 0. The Bertz CT molecular complexity index is 648. The number of rotatable bonds is 1. The fourth-order valence-electron chi connectivity index (χ4n) is 2.23. The van der Waals surface area contributed by atoms with Crippen molar-refractivity contribution in [3.63, 3.8) is 0 Å². The summed E-state index contributed by atoms with van der Waals surface area (Å²) in [6.07, 6.45) is 0.751. The number of amides is 2. The highest BCUT2D eigenvalue weighted by molar-refractivity contribution is 6.01. The van der Waals surface area contributed by atoms with Crippen molar-refractivity contribution in [1.29, 1.82) is 0 Å². The Morgan fingerprint density at radius 3 is 2.89 bits per heavy atom. The van der Waals surface area contributed by atoms with E-state index in [0.717, 1.165) is 11.0 Å². The molecule has 1 aliphatic heterocycles. The molecular formula is C12H12N4O2. The van der Waals surface area contributed by atoms with Crippen LogP contribution in [0, 0.1) is 0 Å². The van der Waals surface area contributed by atoms with Gasteiger partial charge in [-0.3, -0.25) is 14.9 Å². The number of nitrogens with zero attached hydrogens (tertiary/aromatic N) is 3. The topological polar surface area (TPSA) is 76.9 Å². The van der Waals surface area contributed by atoms with E-state index in [0.29, 0.717) is 12.8 Å². The van der Waals surface area contributed by atoms with E-state index in [9.17, 15) is 9.59 Å². The first kappa shape index (κ1) is 10.9. The molecule has 6 nitrogen and oxygen atoms in total. The zero-order valence-electron chi connectivity index (χ0n) is 9.88. The van der Waals surface area contributed by atoms with Crippen LogP contribution in [0.25, 0.3) is 11.0 Å². The predicted octanol–water partition coefficient (Wildman–Crippen LogP) is 0.583. The number of benzene rings is 1. The Morgan fingerprint density at radius 1 is 1.33 bits per heavy atom. The molecule has 92 valence electrons. The Morgan fingerprint density at radius 2 is 2.11 bits per heavy atom. The molecule has 1 saturated heterocycles. The molecule has 6 heteroatoms. The van der Waals surface area contributed by atoms with Gasteiger partial charge in [0.15, 0.2) is 0 Å². The maximum absolute atomic E-state index is 12.0. The van der Waals surface area contributed by atoms with E-state index in [-0.39, 0.29) is 11.8 Å². The number of nitrogens with one attached hydrogen (secondary N) is 1. The van der Waals surface area contributed by atoms with Crippen LogP contribution >= 0.6 is 0 Å². The molecule has 1 atom stereocenters. The van der Waals surface area contributed by atoms with Crippen LogP contribution in [-0.4, -0.2) is 26.8 Å². The van der Waals surface area contributed by atoms with Crippen LogP contribution in [0.15, 0.2) is 24.3 Å². The van der Waals surface area contributed by atoms with E-state index in [1.54, 1.807) is 11.6 Å². The van der Waals surface area contributed by atoms with Crippen LogP contribution in [0.3, 0.4) is 0 Å². The van der Waals surface area contributed by atoms with Crippen molar-refractivity contribution in [3.8, 4) is 0 Å². The van der Waals surface area contributed by atoms with E-state index >= 15 is 0 Å². The third-order valence-electron chi connectivity index (χ3n) is 3.40. The Kier molecular flexibility index (Phi) is 2.19. The lowest BCUT2D eigenvalue weighted by Crippen LogP contribution is -2.53. The molecule has 1 fully saturated rings. The number of aromatic nitrogens is 3. The highest BCUT2D eigenvalue weighted by atomic mass is 16.2. The minimum absolute atomic E-state index is 0.234. The summed E-state index contributed by atoms with van der Waals surface area (Å²) in [4.78, 5) is 23.3. The Labute approximate surface area is 103 Å². The molecule has 0 radical (unpaired) electrons. The predicted molar refractivity (Wildman–Crippen MR) is 63.6 cm³/mol. The number of fused-ring (bicyclic) bond motifs is 1. The lowest BCUT2D eigenvalue weighted by Gasteiger charge is -2.31. The monoisotopic (exact) mass is 244 g/mol. The fourth-order valence-corrected chi connectivity index (χ4v) is 2.23. The molecular weight excluding hydrogens is 232 g/mol. The van der Waals surface area contributed by atoms with Gasteiger partial charge in [0.05, 0.1) is 5.52 Å². The van der Waals surface area contributed by atoms with Gasteiger partial charge in [0, 0.05) is 6.42 Å². The maximum atomic E-state index is 12.0. The summed E-state index contributed by atoms with van der Waals surface area (Å²) in [6.45, 7) is 1.77. The molecule has 0 aliphatic carbocycles. The lowest BCUT2D eigenvalue weighted by atomic mass is 9.91. The van der Waals surface area contributed by atoms with Crippen molar-refractivity contribution in [2.45, 2.75) is 25.3 Å². The summed E-state index contributed by atoms with van der Waals surface area (Å²) in [5.41, 5.74) is 0.678. The largest absolute Gasteiger partial charge is 0.294 e. The molecule has 1 aliphatic rings. The van der Waals surface area contributed by atoms with Gasteiger partial charge in [-0.25, -0.2) is 4.68 Å². The Balaban J connectivity index is 2.13. The van der Waals surface area contributed by atoms with Crippen molar-refractivity contribution < 1.29 is 9.59 Å². The lowest BCUT2D eigenvalue weighted by molar-refractivity contribution is -0.140. The first-order valence-corrected chi connectivity index (χ1v) is 5.76. The van der Waals surface area contributed by atoms with Gasteiger partial charge in [-0.15, -0.1) is 5.10 Å². The zero-order valence-corrected chi connectivity index (χ0v) is 9.88. The summed E-state index contributed by atoms with van der Waals surface area (Å²) < 4.78 is 1.60. The quantitative estimate of drug-likeness (QED) is 0.744. The summed E-state index contributed by atoms with van der Waals surface area (Å²) in [7, 11) is 0. The van der Waals surface area contributed by atoms with Crippen molar-refractivity contribution in [2.75, 3.05) is 0 Å². The summed E-state index contributed by atoms with van der Waals surface area (Å²) in [5, 5.41) is 10.5. The van der Waals surface area contributed by atoms with E-state index in [1.807, 2.05) is 24.3 Å². The molecule has 1 aromatic carbocycles. The van der Waals surface area contributed by atoms with Crippen molar-refractivity contribution in [1.82, 2.24) is 20.3 Å². The molecule has 1 unspecified atom stereocenters. The molecule has 1 aromatic heterocycles. The van der Waals surface area contributed by atoms with Crippen molar-refractivity contribution in [3.05, 3.63) is 24.3 Å². The molecule has 2 aromatic rings. The van der Waals surface area contributed by atoms with E-state index in [2.05, 4.69) is 15.6 Å². The zero-order chi connectivity index (χ0) is 12.8. The summed E-state index contributed by atoms with van der Waals surface area (Å²) in [5.74, 6) is -0.559. The second-order valence-corrected chi connectivity index (χ2v) is 4.64. The molecule has 2 heterocycles. The number of hydrogen-bond donors (Lipinski definition) is 1. The third-order valence-corrected chi connectivity index (χ3v) is 3.40. The van der Waals surface area contributed by atoms with Gasteiger partial charge >= 0.3 is 0 Å². The second kappa shape index (κ2) is 3.63. The van der Waals surface area contributed by atoms with Gasteiger partial charge < -0.3 is 0 Å². The SMILES string of the molecule is CC1(n2nnc3ccccc32)CCC(=O)NC1=O. The van der Waals surface area contributed by atoms with Gasteiger partial charge in [-0.1, -0.05) is 17.3 Å². The van der Waals surface area contributed by atoms with Crippen molar-refractivity contribution >= 4 is 22.8 Å². The number of para-hydroxylation sites is 1. The third kappa shape index (κ3) is 1.42. The number of carbonyl (C=O) groups excluding carboxylic acids is 2. The number of hydrogen-bond acceptors (Lipinski definition) is 4. The normalized spacial score (nSPS) is 24.3. The molecule has 2 amide bonds. The molecule has 18 heavy (non-hydrogen) atoms. The highest BCUT2D eigenvalue weighted by Crippen LogP contribution is 2.28. The highest BCUT2D eigenvalue weighted by Gasteiger charge is 2.41. The molecule has 0 spiro atoms. The van der Waals surface area contributed by atoms with Gasteiger partial charge in [-0.05, 0) is 25.5 Å². The van der Waals surface area contributed by atoms with Crippen LogP contribution in [0.1, 0.15) is 19.8 Å². The van der Waals surface area contributed by atoms with Gasteiger partial charge in [-0.2, -0.15) is 0 Å². The first-order valence-electron chi connectivity index (χ1n) is 5.76. The standard InChI is InChI=1S/C12H12N4O2/c1-12(7-6-10(17)13-11(12)18)16-9-5-3-2-4-8(9)14-15-16/h2-5H,6-7H2,1H3,(H,13,17,18). The minimum atomic E-state index is -0.857. The molecule has 0 saturated carbocycles.